The summed E-state index contributed by atoms with van der Waals surface area (Å²) < 4.78 is 6.77. The van der Waals surface area contributed by atoms with Crippen molar-refractivity contribution in [1.82, 2.24) is 9.55 Å². The number of hydrogen-bond donors (Lipinski definition) is 1. The van der Waals surface area contributed by atoms with Gasteiger partial charge in [0.2, 0.25) is 0 Å². The summed E-state index contributed by atoms with van der Waals surface area (Å²) in [6.07, 6.45) is 1.64. The average Bonchev–Trinajstić information content (AvgIpc) is 3.16. The van der Waals surface area contributed by atoms with Crippen molar-refractivity contribution < 1.29 is 14.3 Å². The number of aryl methyl sites for hydroxylation is 2. The van der Waals surface area contributed by atoms with E-state index >= 15 is 0 Å². The number of hydrogen-bond acceptors (Lipinski definition) is 5. The van der Waals surface area contributed by atoms with Crippen molar-refractivity contribution in [3.63, 3.8) is 0 Å². The molecule has 0 atom stereocenters. The van der Waals surface area contributed by atoms with Gasteiger partial charge >= 0.3 is 5.97 Å². The first-order chi connectivity index (χ1) is 13.5. The SMILES string of the molecule is Cc1ccc(NC(=O)COC(=O)c2ccc3c(=O)n4c(nc3c2)CCC4)cc1. The standard InChI is InChI=1S/C21H19N3O4/c1-13-4-7-15(8-5-13)22-19(25)12-28-21(27)14-6-9-16-17(11-14)23-18-3-2-10-24(18)20(16)26/h4-9,11H,2-3,10,12H2,1H3,(H,22,25). The molecule has 1 aliphatic heterocycles. The Balaban J connectivity index is 1.45. The van der Waals surface area contributed by atoms with Gasteiger partial charge in [-0.1, -0.05) is 17.7 Å². The van der Waals surface area contributed by atoms with Gasteiger partial charge in [0.25, 0.3) is 11.5 Å². The van der Waals surface area contributed by atoms with Crippen LogP contribution in [0.4, 0.5) is 5.69 Å². The van der Waals surface area contributed by atoms with Gasteiger partial charge in [0, 0.05) is 18.7 Å². The van der Waals surface area contributed by atoms with Crippen molar-refractivity contribution in [3.8, 4) is 0 Å². The first-order valence-corrected chi connectivity index (χ1v) is 9.08. The average molecular weight is 377 g/mol. The van der Waals surface area contributed by atoms with Gasteiger partial charge in [-0.25, -0.2) is 9.78 Å². The summed E-state index contributed by atoms with van der Waals surface area (Å²) in [6.45, 7) is 2.23. The van der Waals surface area contributed by atoms with Crippen LogP contribution in [0.5, 0.6) is 0 Å². The molecule has 7 heteroatoms. The molecule has 0 aliphatic carbocycles. The Morgan fingerprint density at radius 3 is 2.75 bits per heavy atom. The van der Waals surface area contributed by atoms with Crippen molar-refractivity contribution in [1.29, 1.82) is 0 Å². The lowest BCUT2D eigenvalue weighted by molar-refractivity contribution is -0.119. The third-order valence-electron chi connectivity index (χ3n) is 4.72. The zero-order valence-corrected chi connectivity index (χ0v) is 15.4. The van der Waals surface area contributed by atoms with Crippen LogP contribution in [0.1, 0.15) is 28.2 Å². The molecular weight excluding hydrogens is 358 g/mol. The molecule has 0 spiro atoms. The Kier molecular flexibility index (Phi) is 4.65. The second-order valence-electron chi connectivity index (χ2n) is 6.81. The van der Waals surface area contributed by atoms with Crippen molar-refractivity contribution in [2.75, 3.05) is 11.9 Å². The smallest absolute Gasteiger partial charge is 0.338 e. The van der Waals surface area contributed by atoms with Crippen LogP contribution in [-0.4, -0.2) is 28.0 Å². The predicted octanol–water partition coefficient (Wildman–Crippen LogP) is 2.45. The number of benzene rings is 2. The van der Waals surface area contributed by atoms with Crippen LogP contribution >= 0.6 is 0 Å². The van der Waals surface area contributed by atoms with E-state index in [1.165, 1.54) is 12.1 Å². The van der Waals surface area contributed by atoms with Gasteiger partial charge in [-0.15, -0.1) is 0 Å². The van der Waals surface area contributed by atoms with Gasteiger partial charge in [0.05, 0.1) is 16.5 Å². The molecule has 0 fully saturated rings. The highest BCUT2D eigenvalue weighted by atomic mass is 16.5. The number of nitrogens with zero attached hydrogens (tertiary/aromatic N) is 2. The third-order valence-corrected chi connectivity index (χ3v) is 4.72. The monoisotopic (exact) mass is 377 g/mol. The minimum Gasteiger partial charge on any atom is -0.452 e. The highest BCUT2D eigenvalue weighted by Crippen LogP contribution is 2.17. The first-order valence-electron chi connectivity index (χ1n) is 9.08. The Labute approximate surface area is 161 Å². The maximum absolute atomic E-state index is 12.5. The molecule has 1 amide bonds. The number of esters is 1. The molecule has 1 N–H and O–H groups in total. The molecule has 0 saturated carbocycles. The number of nitrogens with one attached hydrogen (secondary N) is 1. The summed E-state index contributed by atoms with van der Waals surface area (Å²) in [5.74, 6) is -0.323. The van der Waals surface area contributed by atoms with Gasteiger partial charge in [-0.05, 0) is 43.7 Å². The molecule has 4 rings (SSSR count). The summed E-state index contributed by atoms with van der Waals surface area (Å²) >= 11 is 0. The quantitative estimate of drug-likeness (QED) is 0.706. The highest BCUT2D eigenvalue weighted by molar-refractivity contribution is 5.97. The van der Waals surface area contributed by atoms with Crippen molar-refractivity contribution in [2.45, 2.75) is 26.3 Å². The number of anilines is 1. The summed E-state index contributed by atoms with van der Waals surface area (Å²) in [5.41, 5.74) is 2.35. The zero-order chi connectivity index (χ0) is 19.7. The second-order valence-corrected chi connectivity index (χ2v) is 6.81. The van der Waals surface area contributed by atoms with E-state index in [0.29, 0.717) is 23.1 Å². The Hall–Kier alpha value is -3.48. The van der Waals surface area contributed by atoms with Crippen LogP contribution in [0.25, 0.3) is 10.9 Å². The summed E-state index contributed by atoms with van der Waals surface area (Å²) in [4.78, 5) is 41.2. The van der Waals surface area contributed by atoms with E-state index < -0.39 is 18.5 Å². The molecule has 0 bridgehead atoms. The molecule has 7 nitrogen and oxygen atoms in total. The Bertz CT molecular complexity index is 1130. The number of carbonyl (C=O) groups excluding carboxylic acids is 2. The van der Waals surface area contributed by atoms with Gasteiger partial charge in [0.1, 0.15) is 5.82 Å². The Morgan fingerprint density at radius 2 is 1.96 bits per heavy atom. The van der Waals surface area contributed by atoms with E-state index in [1.807, 2.05) is 19.1 Å². The van der Waals surface area contributed by atoms with E-state index in [2.05, 4.69) is 10.3 Å². The van der Waals surface area contributed by atoms with Crippen LogP contribution in [0.2, 0.25) is 0 Å². The van der Waals surface area contributed by atoms with Crippen LogP contribution in [-0.2, 0) is 22.5 Å². The van der Waals surface area contributed by atoms with E-state index in [4.69, 9.17) is 4.74 Å². The minimum atomic E-state index is -0.636. The van der Waals surface area contributed by atoms with E-state index in [9.17, 15) is 14.4 Å². The van der Waals surface area contributed by atoms with Crippen LogP contribution < -0.4 is 10.9 Å². The number of fused-ring (bicyclic) bond motifs is 2. The molecule has 1 aromatic heterocycles. The van der Waals surface area contributed by atoms with Gasteiger partial charge in [0.15, 0.2) is 6.61 Å². The van der Waals surface area contributed by atoms with Crippen molar-refractivity contribution in [2.24, 2.45) is 0 Å². The lowest BCUT2D eigenvalue weighted by Gasteiger charge is -2.08. The molecule has 0 radical (unpaired) electrons. The lowest BCUT2D eigenvalue weighted by atomic mass is 10.1. The van der Waals surface area contributed by atoms with Crippen LogP contribution in [0.15, 0.2) is 47.3 Å². The molecule has 3 aromatic rings. The molecule has 28 heavy (non-hydrogen) atoms. The van der Waals surface area contributed by atoms with Crippen molar-refractivity contribution in [3.05, 3.63) is 69.8 Å². The second kappa shape index (κ2) is 7.26. The maximum atomic E-state index is 12.5. The van der Waals surface area contributed by atoms with E-state index in [-0.39, 0.29) is 11.1 Å². The predicted molar refractivity (Wildman–Crippen MR) is 104 cm³/mol. The van der Waals surface area contributed by atoms with Crippen LogP contribution in [0, 0.1) is 6.92 Å². The van der Waals surface area contributed by atoms with E-state index in [1.54, 1.807) is 22.8 Å². The number of ether oxygens (including phenoxy) is 1. The van der Waals surface area contributed by atoms with Gasteiger partial charge in [-0.3, -0.25) is 14.2 Å². The minimum absolute atomic E-state index is 0.0881. The molecule has 1 aliphatic rings. The molecular formula is C21H19N3O4. The lowest BCUT2D eigenvalue weighted by Crippen LogP contribution is -2.22. The summed E-state index contributed by atoms with van der Waals surface area (Å²) in [5, 5.41) is 3.14. The third kappa shape index (κ3) is 3.51. The summed E-state index contributed by atoms with van der Waals surface area (Å²) in [6, 6.07) is 12.0. The fraction of sp³-hybridized carbons (Fsp3) is 0.238. The molecule has 2 aromatic carbocycles. The topological polar surface area (TPSA) is 90.3 Å². The molecule has 0 saturated heterocycles. The number of amides is 1. The molecule has 2 heterocycles. The normalized spacial score (nSPS) is 12.6. The molecule has 142 valence electrons. The summed E-state index contributed by atoms with van der Waals surface area (Å²) in [7, 11) is 0. The largest absolute Gasteiger partial charge is 0.452 e. The van der Waals surface area contributed by atoms with Gasteiger partial charge in [-0.2, -0.15) is 0 Å². The highest BCUT2D eigenvalue weighted by Gasteiger charge is 2.18. The fourth-order valence-electron chi connectivity index (χ4n) is 3.26. The molecule has 0 unspecified atom stereocenters. The van der Waals surface area contributed by atoms with E-state index in [0.717, 1.165) is 24.2 Å². The van der Waals surface area contributed by atoms with Gasteiger partial charge < -0.3 is 10.1 Å². The fourth-order valence-corrected chi connectivity index (χ4v) is 3.26. The zero-order valence-electron chi connectivity index (χ0n) is 15.4. The van der Waals surface area contributed by atoms with Crippen LogP contribution in [0.3, 0.4) is 0 Å². The number of rotatable bonds is 4. The maximum Gasteiger partial charge on any atom is 0.338 e. The number of aromatic nitrogens is 2. The Morgan fingerprint density at radius 1 is 1.18 bits per heavy atom. The van der Waals surface area contributed by atoms with Crippen molar-refractivity contribution >= 4 is 28.5 Å². The number of carbonyl (C=O) groups is 2. The first kappa shape index (κ1) is 17.9.